The van der Waals surface area contributed by atoms with Crippen LogP contribution in [0.25, 0.3) is 10.9 Å². The number of aryl methyl sites for hydroxylation is 1. The number of halogens is 1. The molecule has 0 atom stereocenters. The molecule has 2 nitrogen and oxygen atoms in total. The Morgan fingerprint density at radius 3 is 2.80 bits per heavy atom. The number of benzene rings is 1. The van der Waals surface area contributed by atoms with Gasteiger partial charge in [-0.2, -0.15) is 0 Å². The highest BCUT2D eigenvalue weighted by Gasteiger charge is 2.08. The second kappa shape index (κ2) is 3.81. The van der Waals surface area contributed by atoms with Crippen LogP contribution in [0.3, 0.4) is 0 Å². The lowest BCUT2D eigenvalue weighted by Gasteiger charge is -2.07. The van der Waals surface area contributed by atoms with Crippen LogP contribution in [0.1, 0.15) is 18.2 Å². The quantitative estimate of drug-likeness (QED) is 0.844. The fraction of sp³-hybridized carbons (Fsp3) is 0.250. The summed E-state index contributed by atoms with van der Waals surface area (Å²) in [5, 5.41) is 0.749. The van der Waals surface area contributed by atoms with Gasteiger partial charge in [0.15, 0.2) is 5.43 Å². The number of H-pyrrole nitrogens is 1. The highest BCUT2D eigenvalue weighted by Crippen LogP contribution is 2.20. The number of aromatic nitrogens is 1. The fourth-order valence-electron chi connectivity index (χ4n) is 1.78. The molecule has 0 unspecified atom stereocenters. The van der Waals surface area contributed by atoms with Gasteiger partial charge in [0.05, 0.1) is 5.52 Å². The first-order chi connectivity index (χ1) is 7.15. The van der Waals surface area contributed by atoms with Crippen LogP contribution >= 0.6 is 15.9 Å². The third-order valence-corrected chi connectivity index (χ3v) is 3.34. The molecule has 0 spiro atoms. The molecular weight excluding hydrogens is 254 g/mol. The predicted octanol–water partition coefficient (Wildman–Crippen LogP) is 3.16. The Labute approximate surface area is 96.5 Å². The average molecular weight is 266 g/mol. The summed E-state index contributed by atoms with van der Waals surface area (Å²) in [6.45, 7) is 3.92. The Kier molecular flexibility index (Phi) is 2.65. The van der Waals surface area contributed by atoms with E-state index in [1.807, 2.05) is 32.0 Å². The number of para-hydroxylation sites is 1. The molecule has 0 fully saturated rings. The maximum absolute atomic E-state index is 12.0. The van der Waals surface area contributed by atoms with E-state index in [9.17, 15) is 4.79 Å². The van der Waals surface area contributed by atoms with Crippen molar-refractivity contribution in [2.75, 3.05) is 0 Å². The molecule has 1 aromatic heterocycles. The van der Waals surface area contributed by atoms with Crippen molar-refractivity contribution < 1.29 is 0 Å². The normalized spacial score (nSPS) is 10.9. The molecule has 2 aromatic rings. The van der Waals surface area contributed by atoms with Crippen LogP contribution in [0.5, 0.6) is 0 Å². The van der Waals surface area contributed by atoms with Gasteiger partial charge >= 0.3 is 0 Å². The summed E-state index contributed by atoms with van der Waals surface area (Å²) in [4.78, 5) is 15.3. The maximum atomic E-state index is 12.0. The topological polar surface area (TPSA) is 32.9 Å². The monoisotopic (exact) mass is 265 g/mol. The minimum atomic E-state index is 0.127. The lowest BCUT2D eigenvalue weighted by atomic mass is 10.1. The van der Waals surface area contributed by atoms with Crippen molar-refractivity contribution in [3.63, 3.8) is 0 Å². The minimum Gasteiger partial charge on any atom is -0.357 e. The summed E-state index contributed by atoms with van der Waals surface area (Å²) in [5.41, 5.74) is 2.86. The van der Waals surface area contributed by atoms with E-state index in [1.165, 1.54) is 0 Å². The van der Waals surface area contributed by atoms with E-state index in [0.717, 1.165) is 33.1 Å². The summed E-state index contributed by atoms with van der Waals surface area (Å²) >= 11 is 3.45. The zero-order chi connectivity index (χ0) is 11.0. The summed E-state index contributed by atoms with van der Waals surface area (Å²) < 4.78 is 0.937. The van der Waals surface area contributed by atoms with Crippen LogP contribution in [0.2, 0.25) is 0 Å². The summed E-state index contributed by atoms with van der Waals surface area (Å²) in [6, 6.07) is 5.67. The highest BCUT2D eigenvalue weighted by atomic mass is 79.9. The van der Waals surface area contributed by atoms with Crippen LogP contribution in [0, 0.1) is 6.92 Å². The van der Waals surface area contributed by atoms with Crippen molar-refractivity contribution in [3.05, 3.63) is 44.2 Å². The van der Waals surface area contributed by atoms with Gasteiger partial charge in [-0.05, 0) is 41.4 Å². The summed E-state index contributed by atoms with van der Waals surface area (Å²) in [7, 11) is 0. The zero-order valence-electron chi connectivity index (χ0n) is 8.73. The molecule has 0 aliphatic rings. The molecule has 3 heteroatoms. The van der Waals surface area contributed by atoms with Crippen molar-refractivity contribution in [2.24, 2.45) is 0 Å². The third-order valence-electron chi connectivity index (χ3n) is 2.68. The van der Waals surface area contributed by atoms with Crippen molar-refractivity contribution in [1.82, 2.24) is 4.98 Å². The molecule has 0 saturated heterocycles. The van der Waals surface area contributed by atoms with Gasteiger partial charge in [0.2, 0.25) is 0 Å². The molecule has 0 aliphatic carbocycles. The number of nitrogens with one attached hydrogen (secondary N) is 1. The molecule has 2 rings (SSSR count). The first-order valence-electron chi connectivity index (χ1n) is 4.95. The minimum absolute atomic E-state index is 0.127. The van der Waals surface area contributed by atoms with Gasteiger partial charge in [0.25, 0.3) is 0 Å². The van der Waals surface area contributed by atoms with Crippen LogP contribution in [0.15, 0.2) is 27.5 Å². The Balaban J connectivity index is 2.98. The first-order valence-corrected chi connectivity index (χ1v) is 5.74. The van der Waals surface area contributed by atoms with E-state index in [2.05, 4.69) is 20.9 Å². The summed E-state index contributed by atoms with van der Waals surface area (Å²) in [5.74, 6) is 0. The highest BCUT2D eigenvalue weighted by molar-refractivity contribution is 9.10. The molecule has 1 aromatic carbocycles. The Bertz CT molecular complexity index is 572. The van der Waals surface area contributed by atoms with Crippen LogP contribution < -0.4 is 5.43 Å². The van der Waals surface area contributed by atoms with Crippen LogP contribution in [-0.2, 0) is 6.42 Å². The molecule has 78 valence electrons. The van der Waals surface area contributed by atoms with E-state index < -0.39 is 0 Å². The number of rotatable bonds is 1. The van der Waals surface area contributed by atoms with Gasteiger partial charge < -0.3 is 4.98 Å². The number of aromatic amines is 1. The van der Waals surface area contributed by atoms with E-state index in [1.54, 1.807) is 0 Å². The molecular formula is C12H12BrNO. The lowest BCUT2D eigenvalue weighted by Crippen LogP contribution is -2.11. The molecule has 1 N–H and O–H groups in total. The van der Waals surface area contributed by atoms with E-state index in [-0.39, 0.29) is 5.43 Å². The summed E-state index contributed by atoms with van der Waals surface area (Å²) in [6.07, 6.45) is 0.846. The largest absolute Gasteiger partial charge is 0.357 e. The van der Waals surface area contributed by atoms with Crippen molar-refractivity contribution in [2.45, 2.75) is 20.3 Å². The molecule has 0 aliphatic heterocycles. The molecule has 0 saturated carbocycles. The third kappa shape index (κ3) is 1.61. The van der Waals surface area contributed by atoms with Gasteiger partial charge in [-0.25, -0.2) is 0 Å². The predicted molar refractivity (Wildman–Crippen MR) is 66.4 cm³/mol. The SMILES string of the molecule is CCc1[nH]c2c(Br)cccc2c(=O)c1C. The molecule has 1 heterocycles. The number of hydrogen-bond acceptors (Lipinski definition) is 1. The van der Waals surface area contributed by atoms with E-state index in [0.29, 0.717) is 0 Å². The second-order valence-corrected chi connectivity index (χ2v) is 4.43. The van der Waals surface area contributed by atoms with Crippen molar-refractivity contribution in [1.29, 1.82) is 0 Å². The number of pyridine rings is 1. The van der Waals surface area contributed by atoms with Gasteiger partial charge in [0, 0.05) is 21.1 Å². The fourth-order valence-corrected chi connectivity index (χ4v) is 2.24. The zero-order valence-corrected chi connectivity index (χ0v) is 10.3. The Morgan fingerprint density at radius 2 is 2.13 bits per heavy atom. The standard InChI is InChI=1S/C12H12BrNO/c1-3-10-7(2)12(15)8-5-4-6-9(13)11(8)14-10/h4-6H,3H2,1-2H3,(H,14,15). The average Bonchev–Trinajstić information content (AvgIpc) is 2.24. The van der Waals surface area contributed by atoms with Crippen LogP contribution in [0.4, 0.5) is 0 Å². The lowest BCUT2D eigenvalue weighted by molar-refractivity contribution is 1.02. The second-order valence-electron chi connectivity index (χ2n) is 3.57. The smallest absolute Gasteiger partial charge is 0.192 e. The first kappa shape index (κ1) is 10.4. The van der Waals surface area contributed by atoms with E-state index >= 15 is 0 Å². The van der Waals surface area contributed by atoms with Crippen molar-refractivity contribution >= 4 is 26.8 Å². The number of fused-ring (bicyclic) bond motifs is 1. The van der Waals surface area contributed by atoms with Crippen LogP contribution in [-0.4, -0.2) is 4.98 Å². The molecule has 0 amide bonds. The number of hydrogen-bond donors (Lipinski definition) is 1. The van der Waals surface area contributed by atoms with Crippen molar-refractivity contribution in [3.8, 4) is 0 Å². The Hall–Kier alpha value is -1.09. The molecule has 0 bridgehead atoms. The van der Waals surface area contributed by atoms with Gasteiger partial charge in [-0.15, -0.1) is 0 Å². The van der Waals surface area contributed by atoms with Gasteiger partial charge in [0.1, 0.15) is 0 Å². The van der Waals surface area contributed by atoms with E-state index in [4.69, 9.17) is 0 Å². The Morgan fingerprint density at radius 1 is 1.40 bits per heavy atom. The van der Waals surface area contributed by atoms with Gasteiger partial charge in [-0.3, -0.25) is 4.79 Å². The molecule has 15 heavy (non-hydrogen) atoms. The maximum Gasteiger partial charge on any atom is 0.192 e. The molecule has 0 radical (unpaired) electrons. The van der Waals surface area contributed by atoms with Gasteiger partial charge in [-0.1, -0.05) is 13.0 Å².